The molecule has 0 saturated heterocycles. The van der Waals surface area contributed by atoms with Gasteiger partial charge >= 0.3 is 0 Å². The van der Waals surface area contributed by atoms with Gasteiger partial charge in [-0.05, 0) is 31.2 Å². The Morgan fingerprint density at radius 1 is 1.35 bits per heavy atom. The molecule has 0 aliphatic rings. The predicted octanol–water partition coefficient (Wildman–Crippen LogP) is 1.97. The normalized spacial score (nSPS) is 12.0. The zero-order valence-electron chi connectivity index (χ0n) is 11.3. The Labute approximate surface area is 118 Å². The molecule has 0 amide bonds. The highest BCUT2D eigenvalue weighted by Gasteiger charge is 2.00. The number of anilines is 2. The topological polar surface area (TPSA) is 37.8 Å². The Hall–Kier alpha value is -2.86. The third-order valence-electron chi connectivity index (χ3n) is 2.76. The number of terminal acetylenes is 1. The minimum Gasteiger partial charge on any atom is -0.340 e. The Bertz CT molecular complexity index is 783. The third kappa shape index (κ3) is 2.93. The van der Waals surface area contributed by atoms with Crippen LogP contribution in [-0.4, -0.2) is 9.97 Å². The van der Waals surface area contributed by atoms with E-state index in [0.29, 0.717) is 0 Å². The Balaban J connectivity index is 2.52. The van der Waals surface area contributed by atoms with Gasteiger partial charge in [-0.25, -0.2) is 9.97 Å². The maximum atomic E-state index is 5.41. The molecule has 0 aliphatic carbocycles. The molecule has 98 valence electrons. The standard InChI is InChI=1S/C17H15N3/c1-4-8-15-16(6-3)18-12-19-17(15)20-14-10-7-9-13(5-2)11-14/h2,4,6-12H,1H2,3H3,(H,18,19,20)/b15-8+,16-6+. The Kier molecular flexibility index (Phi) is 4.31. The van der Waals surface area contributed by atoms with Crippen molar-refractivity contribution >= 4 is 23.7 Å². The van der Waals surface area contributed by atoms with Crippen LogP contribution in [0.1, 0.15) is 12.5 Å². The number of hydrogen-bond donors (Lipinski definition) is 1. The molecule has 1 aromatic heterocycles. The zero-order chi connectivity index (χ0) is 14.4. The summed E-state index contributed by atoms with van der Waals surface area (Å²) in [6.45, 7) is 5.66. The molecule has 0 atom stereocenters. The van der Waals surface area contributed by atoms with E-state index in [1.54, 1.807) is 6.08 Å². The van der Waals surface area contributed by atoms with E-state index in [2.05, 4.69) is 27.8 Å². The van der Waals surface area contributed by atoms with Crippen molar-refractivity contribution in [2.75, 3.05) is 5.32 Å². The van der Waals surface area contributed by atoms with Gasteiger partial charge in [-0.2, -0.15) is 0 Å². The molecule has 2 aromatic rings. The predicted molar refractivity (Wildman–Crippen MR) is 83.7 cm³/mol. The number of nitrogens with one attached hydrogen (secondary N) is 1. The maximum absolute atomic E-state index is 5.41. The molecule has 20 heavy (non-hydrogen) atoms. The first-order valence-electron chi connectivity index (χ1n) is 6.22. The molecule has 1 aromatic carbocycles. The molecule has 2 rings (SSSR count). The Morgan fingerprint density at radius 3 is 2.90 bits per heavy atom. The van der Waals surface area contributed by atoms with Crippen LogP contribution in [0.4, 0.5) is 11.5 Å². The Morgan fingerprint density at radius 2 is 2.20 bits per heavy atom. The van der Waals surface area contributed by atoms with Crippen molar-refractivity contribution in [1.29, 1.82) is 0 Å². The maximum Gasteiger partial charge on any atom is 0.141 e. The highest BCUT2D eigenvalue weighted by Crippen LogP contribution is 2.12. The van der Waals surface area contributed by atoms with Crippen LogP contribution in [0.15, 0.2) is 43.2 Å². The van der Waals surface area contributed by atoms with E-state index in [4.69, 9.17) is 6.42 Å². The molecular weight excluding hydrogens is 246 g/mol. The monoisotopic (exact) mass is 261 g/mol. The van der Waals surface area contributed by atoms with Crippen molar-refractivity contribution in [3.8, 4) is 12.3 Å². The lowest BCUT2D eigenvalue weighted by Gasteiger charge is -2.06. The summed E-state index contributed by atoms with van der Waals surface area (Å²) in [5, 5.41) is 5.02. The number of benzene rings is 1. The summed E-state index contributed by atoms with van der Waals surface area (Å²) in [4.78, 5) is 8.52. The largest absolute Gasteiger partial charge is 0.340 e. The van der Waals surface area contributed by atoms with E-state index in [1.165, 1.54) is 6.33 Å². The molecule has 3 heteroatoms. The lowest BCUT2D eigenvalue weighted by atomic mass is 10.2. The molecule has 0 saturated carbocycles. The molecule has 0 spiro atoms. The van der Waals surface area contributed by atoms with Gasteiger partial charge in [0.2, 0.25) is 0 Å². The lowest BCUT2D eigenvalue weighted by molar-refractivity contribution is 1.10. The minimum absolute atomic E-state index is 0.724. The fraction of sp³-hybridized carbons (Fsp3) is 0.0588. The third-order valence-corrected chi connectivity index (χ3v) is 2.76. The molecule has 0 bridgehead atoms. The zero-order valence-corrected chi connectivity index (χ0v) is 11.3. The number of nitrogens with zero attached hydrogens (tertiary/aromatic N) is 2. The van der Waals surface area contributed by atoms with Gasteiger partial charge in [0.15, 0.2) is 0 Å². The van der Waals surface area contributed by atoms with Crippen LogP contribution in [0.3, 0.4) is 0 Å². The van der Waals surface area contributed by atoms with Gasteiger partial charge in [0.1, 0.15) is 12.1 Å². The second-order valence-electron chi connectivity index (χ2n) is 4.06. The first-order chi connectivity index (χ1) is 9.78. The summed E-state index contributed by atoms with van der Waals surface area (Å²) >= 11 is 0. The highest BCUT2D eigenvalue weighted by molar-refractivity contribution is 5.61. The van der Waals surface area contributed by atoms with Crippen molar-refractivity contribution in [3.63, 3.8) is 0 Å². The van der Waals surface area contributed by atoms with Crippen LogP contribution in [0, 0.1) is 12.3 Å². The van der Waals surface area contributed by atoms with Gasteiger partial charge in [-0.1, -0.05) is 30.7 Å². The fourth-order valence-corrected chi connectivity index (χ4v) is 1.84. The fourth-order valence-electron chi connectivity index (χ4n) is 1.84. The van der Waals surface area contributed by atoms with Crippen molar-refractivity contribution in [2.24, 2.45) is 0 Å². The van der Waals surface area contributed by atoms with Crippen LogP contribution in [0.25, 0.3) is 12.2 Å². The van der Waals surface area contributed by atoms with Gasteiger partial charge in [0.25, 0.3) is 0 Å². The first kappa shape index (κ1) is 13.6. The van der Waals surface area contributed by atoms with E-state index in [9.17, 15) is 0 Å². The average molecular weight is 261 g/mol. The van der Waals surface area contributed by atoms with Gasteiger partial charge in [0.05, 0.1) is 5.35 Å². The van der Waals surface area contributed by atoms with Gasteiger partial charge in [-0.3, -0.25) is 0 Å². The number of rotatable bonds is 3. The van der Waals surface area contributed by atoms with Crippen molar-refractivity contribution in [1.82, 2.24) is 9.97 Å². The van der Waals surface area contributed by atoms with Crippen LogP contribution < -0.4 is 15.9 Å². The van der Waals surface area contributed by atoms with Crippen molar-refractivity contribution < 1.29 is 0 Å². The second kappa shape index (κ2) is 6.35. The molecule has 3 nitrogen and oxygen atoms in total. The summed E-state index contributed by atoms with van der Waals surface area (Å²) < 4.78 is 0. The molecule has 0 radical (unpaired) electrons. The second-order valence-corrected chi connectivity index (χ2v) is 4.06. The van der Waals surface area contributed by atoms with Crippen LogP contribution in [0.2, 0.25) is 0 Å². The minimum atomic E-state index is 0.724. The summed E-state index contributed by atoms with van der Waals surface area (Å²) in [7, 11) is 0. The SMILES string of the molecule is C#Cc1cccc(Nc2ncnc(=C/C)/c2=C\C=C)c1. The average Bonchev–Trinajstić information content (AvgIpc) is 2.49. The van der Waals surface area contributed by atoms with Crippen molar-refractivity contribution in [3.05, 3.63) is 59.4 Å². The summed E-state index contributed by atoms with van der Waals surface area (Å²) in [5.74, 6) is 3.34. The smallest absolute Gasteiger partial charge is 0.141 e. The number of allylic oxidation sites excluding steroid dienone is 1. The highest BCUT2D eigenvalue weighted by atomic mass is 15.0. The summed E-state index contributed by atoms with van der Waals surface area (Å²) in [6.07, 6.45) is 12.5. The van der Waals surface area contributed by atoms with E-state index in [0.717, 1.165) is 27.6 Å². The quantitative estimate of drug-likeness (QED) is 0.858. The van der Waals surface area contributed by atoms with Crippen LogP contribution in [0.5, 0.6) is 0 Å². The summed E-state index contributed by atoms with van der Waals surface area (Å²) in [6, 6.07) is 7.63. The number of aromatic nitrogens is 2. The van der Waals surface area contributed by atoms with Crippen LogP contribution >= 0.6 is 0 Å². The lowest BCUT2D eigenvalue weighted by Crippen LogP contribution is -2.31. The summed E-state index contributed by atoms with van der Waals surface area (Å²) in [5.41, 5.74) is 1.71. The molecular formula is C17H15N3. The molecule has 0 aliphatic heterocycles. The number of hydrogen-bond acceptors (Lipinski definition) is 3. The first-order valence-corrected chi connectivity index (χ1v) is 6.22. The van der Waals surface area contributed by atoms with Gasteiger partial charge in [0, 0.05) is 16.5 Å². The van der Waals surface area contributed by atoms with E-state index < -0.39 is 0 Å². The van der Waals surface area contributed by atoms with Gasteiger partial charge < -0.3 is 5.32 Å². The van der Waals surface area contributed by atoms with Crippen LogP contribution in [-0.2, 0) is 0 Å². The molecule has 0 fully saturated rings. The molecule has 0 unspecified atom stereocenters. The van der Waals surface area contributed by atoms with Gasteiger partial charge in [-0.15, -0.1) is 6.42 Å². The van der Waals surface area contributed by atoms with E-state index in [1.807, 2.05) is 43.3 Å². The van der Waals surface area contributed by atoms with Crippen molar-refractivity contribution in [2.45, 2.75) is 6.92 Å². The molecule has 1 heterocycles. The molecule has 1 N–H and O–H groups in total. The van der Waals surface area contributed by atoms with E-state index in [-0.39, 0.29) is 0 Å². The van der Waals surface area contributed by atoms with E-state index >= 15 is 0 Å².